The number of amides is 1. The van der Waals surface area contributed by atoms with Crippen LogP contribution in [0.5, 0.6) is 11.5 Å². The molecule has 0 saturated carbocycles. The molecular weight excluding hydrogens is 372 g/mol. The van der Waals surface area contributed by atoms with Gasteiger partial charge >= 0.3 is 0 Å². The van der Waals surface area contributed by atoms with Crippen LogP contribution in [0.15, 0.2) is 52.0 Å². The third kappa shape index (κ3) is 4.14. The van der Waals surface area contributed by atoms with Gasteiger partial charge in [0.1, 0.15) is 11.5 Å². The third-order valence-corrected chi connectivity index (χ3v) is 4.16. The molecule has 0 spiro atoms. The van der Waals surface area contributed by atoms with Crippen molar-refractivity contribution in [1.29, 1.82) is 0 Å². The van der Waals surface area contributed by atoms with Crippen LogP contribution in [0.25, 0.3) is 0 Å². The quantitative estimate of drug-likeness (QED) is 0.598. The lowest BCUT2D eigenvalue weighted by atomic mass is 10.1. The molecule has 2 aromatic rings. The first kappa shape index (κ1) is 18.0. The van der Waals surface area contributed by atoms with Gasteiger partial charge in [0.05, 0.1) is 25.5 Å². The van der Waals surface area contributed by atoms with Crippen LogP contribution >= 0.6 is 15.9 Å². The first-order valence-electron chi connectivity index (χ1n) is 7.44. The lowest BCUT2D eigenvalue weighted by molar-refractivity contribution is 0.0954. The molecule has 0 aliphatic heterocycles. The monoisotopic (exact) mass is 390 g/mol. The van der Waals surface area contributed by atoms with Crippen LogP contribution in [0.2, 0.25) is 0 Å². The molecule has 0 saturated heterocycles. The normalized spacial score (nSPS) is 11.1. The molecule has 1 amide bonds. The second kappa shape index (κ2) is 8.49. The Labute approximate surface area is 149 Å². The number of carbonyl (C=O) groups excluding carboxylic acids is 1. The predicted octanol–water partition coefficient (Wildman–Crippen LogP) is 4.01. The highest BCUT2D eigenvalue weighted by molar-refractivity contribution is 9.10. The second-order valence-electron chi connectivity index (χ2n) is 4.90. The van der Waals surface area contributed by atoms with Gasteiger partial charge < -0.3 is 9.47 Å². The van der Waals surface area contributed by atoms with Crippen LogP contribution in [-0.4, -0.2) is 25.8 Å². The van der Waals surface area contributed by atoms with Crippen LogP contribution < -0.4 is 14.9 Å². The van der Waals surface area contributed by atoms with Crippen molar-refractivity contribution in [1.82, 2.24) is 5.43 Å². The summed E-state index contributed by atoms with van der Waals surface area (Å²) in [6.45, 7) is 1.97. The van der Waals surface area contributed by atoms with Crippen LogP contribution in [-0.2, 0) is 0 Å². The molecule has 126 valence electrons. The Morgan fingerprint density at radius 3 is 2.50 bits per heavy atom. The van der Waals surface area contributed by atoms with Crippen LogP contribution in [0.3, 0.4) is 0 Å². The molecular formula is C18H19BrN2O3. The number of hydrazone groups is 1. The molecule has 6 heteroatoms. The van der Waals surface area contributed by atoms with Crippen molar-refractivity contribution in [3.8, 4) is 11.5 Å². The van der Waals surface area contributed by atoms with Crippen LogP contribution in [0, 0.1) is 0 Å². The minimum absolute atomic E-state index is 0.277. The number of ether oxygens (including phenoxy) is 2. The van der Waals surface area contributed by atoms with Crippen molar-refractivity contribution >= 4 is 27.5 Å². The first-order chi connectivity index (χ1) is 11.6. The fourth-order valence-electron chi connectivity index (χ4n) is 2.19. The van der Waals surface area contributed by atoms with Gasteiger partial charge in [-0.15, -0.1) is 0 Å². The summed E-state index contributed by atoms with van der Waals surface area (Å²) >= 11 is 3.36. The number of carbonyl (C=O) groups is 1. The third-order valence-electron chi connectivity index (χ3n) is 3.47. The molecule has 0 unspecified atom stereocenters. The Morgan fingerprint density at radius 1 is 1.12 bits per heavy atom. The van der Waals surface area contributed by atoms with Gasteiger partial charge in [-0.05, 0) is 46.6 Å². The summed E-state index contributed by atoms with van der Waals surface area (Å²) in [5.74, 6) is 1.06. The van der Waals surface area contributed by atoms with Gasteiger partial charge in [0.2, 0.25) is 0 Å². The van der Waals surface area contributed by atoms with Gasteiger partial charge in [0.25, 0.3) is 5.91 Å². The van der Waals surface area contributed by atoms with E-state index in [4.69, 9.17) is 9.47 Å². The van der Waals surface area contributed by atoms with Gasteiger partial charge in [-0.2, -0.15) is 5.10 Å². The molecule has 2 aromatic carbocycles. The Bertz CT molecular complexity index is 760. The SMILES string of the molecule is CC/C(=N/NC(=O)c1ccccc1Br)c1ccc(OC)cc1OC. The summed E-state index contributed by atoms with van der Waals surface area (Å²) in [4.78, 5) is 12.3. The maximum Gasteiger partial charge on any atom is 0.272 e. The number of nitrogens with one attached hydrogen (secondary N) is 1. The van der Waals surface area contributed by atoms with Crippen molar-refractivity contribution < 1.29 is 14.3 Å². The average molecular weight is 391 g/mol. The number of nitrogens with zero attached hydrogens (tertiary/aromatic N) is 1. The molecule has 0 radical (unpaired) electrons. The van der Waals surface area contributed by atoms with Crippen LogP contribution in [0.4, 0.5) is 0 Å². The largest absolute Gasteiger partial charge is 0.497 e. The Hall–Kier alpha value is -2.34. The summed E-state index contributed by atoms with van der Waals surface area (Å²) in [5.41, 5.74) is 4.66. The molecule has 0 atom stereocenters. The number of halogens is 1. The molecule has 0 heterocycles. The number of benzene rings is 2. The van der Waals surface area contributed by atoms with E-state index < -0.39 is 0 Å². The van der Waals surface area contributed by atoms with E-state index in [2.05, 4.69) is 26.5 Å². The molecule has 0 aromatic heterocycles. The standard InChI is InChI=1S/C18H19BrN2O3/c1-4-16(14-10-9-12(23-2)11-17(14)24-3)20-21-18(22)13-7-5-6-8-15(13)19/h5-11H,4H2,1-3H3,(H,21,22)/b20-16-. The molecule has 0 aliphatic rings. The first-order valence-corrected chi connectivity index (χ1v) is 8.23. The Kier molecular flexibility index (Phi) is 6.37. The van der Waals surface area contributed by atoms with Gasteiger partial charge in [-0.1, -0.05) is 19.1 Å². The topological polar surface area (TPSA) is 59.9 Å². The zero-order chi connectivity index (χ0) is 17.5. The van der Waals surface area contributed by atoms with E-state index in [0.29, 0.717) is 23.5 Å². The summed E-state index contributed by atoms with van der Waals surface area (Å²) < 4.78 is 11.3. The fourth-order valence-corrected chi connectivity index (χ4v) is 2.66. The summed E-state index contributed by atoms with van der Waals surface area (Å²) in [6, 6.07) is 12.7. The molecule has 0 fully saturated rings. The number of hydrogen-bond acceptors (Lipinski definition) is 4. The van der Waals surface area contributed by atoms with E-state index in [0.717, 1.165) is 15.7 Å². The number of rotatable bonds is 6. The summed E-state index contributed by atoms with van der Waals surface area (Å²) in [7, 11) is 3.19. The molecule has 1 N–H and O–H groups in total. The molecule has 2 rings (SSSR count). The smallest absolute Gasteiger partial charge is 0.272 e. The van der Waals surface area contributed by atoms with E-state index in [-0.39, 0.29) is 5.91 Å². The number of methoxy groups -OCH3 is 2. The van der Waals surface area contributed by atoms with E-state index in [1.807, 2.05) is 31.2 Å². The predicted molar refractivity (Wildman–Crippen MR) is 98.0 cm³/mol. The van der Waals surface area contributed by atoms with E-state index >= 15 is 0 Å². The van der Waals surface area contributed by atoms with Crippen molar-refractivity contribution in [3.05, 3.63) is 58.1 Å². The second-order valence-corrected chi connectivity index (χ2v) is 5.75. The Balaban J connectivity index is 2.27. The lowest BCUT2D eigenvalue weighted by Gasteiger charge is -2.12. The summed E-state index contributed by atoms with van der Waals surface area (Å²) in [6.07, 6.45) is 0.638. The lowest BCUT2D eigenvalue weighted by Crippen LogP contribution is -2.20. The molecule has 0 aliphatic carbocycles. The zero-order valence-corrected chi connectivity index (χ0v) is 15.4. The van der Waals surface area contributed by atoms with Gasteiger partial charge in [0, 0.05) is 16.1 Å². The zero-order valence-electron chi connectivity index (χ0n) is 13.8. The Morgan fingerprint density at radius 2 is 1.88 bits per heavy atom. The molecule has 24 heavy (non-hydrogen) atoms. The highest BCUT2D eigenvalue weighted by atomic mass is 79.9. The molecule has 0 bridgehead atoms. The minimum Gasteiger partial charge on any atom is -0.497 e. The average Bonchev–Trinajstić information content (AvgIpc) is 2.62. The van der Waals surface area contributed by atoms with E-state index in [1.165, 1.54) is 0 Å². The van der Waals surface area contributed by atoms with Gasteiger partial charge in [0.15, 0.2) is 0 Å². The van der Waals surface area contributed by atoms with Crippen molar-refractivity contribution in [2.45, 2.75) is 13.3 Å². The summed E-state index contributed by atoms with van der Waals surface area (Å²) in [5, 5.41) is 4.27. The minimum atomic E-state index is -0.277. The fraction of sp³-hybridized carbons (Fsp3) is 0.222. The van der Waals surface area contributed by atoms with Gasteiger partial charge in [-0.3, -0.25) is 4.79 Å². The number of hydrogen-bond donors (Lipinski definition) is 1. The van der Waals surface area contributed by atoms with Crippen LogP contribution in [0.1, 0.15) is 29.3 Å². The van der Waals surface area contributed by atoms with Gasteiger partial charge in [-0.25, -0.2) is 5.43 Å². The highest BCUT2D eigenvalue weighted by Gasteiger charge is 2.12. The molecule has 5 nitrogen and oxygen atoms in total. The van der Waals surface area contributed by atoms with Crippen molar-refractivity contribution in [3.63, 3.8) is 0 Å². The van der Waals surface area contributed by atoms with E-state index in [9.17, 15) is 4.79 Å². The highest BCUT2D eigenvalue weighted by Crippen LogP contribution is 2.26. The van der Waals surface area contributed by atoms with Crippen molar-refractivity contribution in [2.75, 3.05) is 14.2 Å². The maximum absolute atomic E-state index is 12.3. The maximum atomic E-state index is 12.3. The van der Waals surface area contributed by atoms with E-state index in [1.54, 1.807) is 32.4 Å². The van der Waals surface area contributed by atoms with Crippen molar-refractivity contribution in [2.24, 2.45) is 5.10 Å².